The molecule has 0 bridgehead atoms. The van der Waals surface area contributed by atoms with Gasteiger partial charge in [0.05, 0.1) is 13.2 Å². The second-order valence-electron chi connectivity index (χ2n) is 8.07. The molecule has 1 aliphatic rings. The van der Waals surface area contributed by atoms with Crippen molar-refractivity contribution in [1.82, 2.24) is 15.6 Å². The van der Waals surface area contributed by atoms with Crippen molar-refractivity contribution in [3.8, 4) is 5.75 Å². The molecule has 33 heavy (non-hydrogen) atoms. The van der Waals surface area contributed by atoms with Crippen LogP contribution in [0.1, 0.15) is 42.9 Å². The highest BCUT2D eigenvalue weighted by atomic mass is 127. The molecule has 1 aliphatic heterocycles. The van der Waals surface area contributed by atoms with Gasteiger partial charge in [-0.1, -0.05) is 18.2 Å². The lowest BCUT2D eigenvalue weighted by Crippen LogP contribution is -2.36. The molecule has 1 aromatic carbocycles. The first-order valence-corrected chi connectivity index (χ1v) is 11.6. The largest absolute Gasteiger partial charge is 0.493 e. The van der Waals surface area contributed by atoms with Gasteiger partial charge in [-0.3, -0.25) is 0 Å². The molecule has 8 heteroatoms. The molecule has 0 aliphatic carbocycles. The SMILES string of the molecule is CCNC(=NCc1ccc(N2CCCC2)nc1)NCc1ccc(C)cc1OCCCOC.I. The van der Waals surface area contributed by atoms with Crippen molar-refractivity contribution in [1.29, 1.82) is 0 Å². The summed E-state index contributed by atoms with van der Waals surface area (Å²) in [6.07, 6.45) is 5.32. The number of aromatic nitrogens is 1. The molecule has 3 rings (SSSR count). The van der Waals surface area contributed by atoms with E-state index < -0.39 is 0 Å². The molecule has 0 spiro atoms. The highest BCUT2D eigenvalue weighted by molar-refractivity contribution is 14.0. The lowest BCUT2D eigenvalue weighted by Gasteiger charge is -2.16. The van der Waals surface area contributed by atoms with Gasteiger partial charge in [0.2, 0.25) is 0 Å². The fourth-order valence-electron chi connectivity index (χ4n) is 3.66. The summed E-state index contributed by atoms with van der Waals surface area (Å²) in [5.41, 5.74) is 3.39. The Morgan fingerprint density at radius 1 is 1.12 bits per heavy atom. The Labute approximate surface area is 215 Å². The number of methoxy groups -OCH3 is 1. The summed E-state index contributed by atoms with van der Waals surface area (Å²) in [6, 6.07) is 10.5. The maximum Gasteiger partial charge on any atom is 0.191 e. The Morgan fingerprint density at radius 2 is 1.94 bits per heavy atom. The molecular weight excluding hydrogens is 529 g/mol. The van der Waals surface area contributed by atoms with Gasteiger partial charge in [-0.05, 0) is 49.9 Å². The number of halogens is 1. The smallest absolute Gasteiger partial charge is 0.191 e. The highest BCUT2D eigenvalue weighted by Gasteiger charge is 2.13. The van der Waals surface area contributed by atoms with Crippen LogP contribution in [0.3, 0.4) is 0 Å². The van der Waals surface area contributed by atoms with Crippen molar-refractivity contribution in [2.75, 3.05) is 44.9 Å². The number of aliphatic imine (C=N–C) groups is 1. The van der Waals surface area contributed by atoms with E-state index in [1.165, 1.54) is 18.4 Å². The zero-order valence-electron chi connectivity index (χ0n) is 20.1. The van der Waals surface area contributed by atoms with E-state index in [1.807, 2.05) is 6.20 Å². The molecule has 2 N–H and O–H groups in total. The van der Waals surface area contributed by atoms with Crippen LogP contribution in [-0.4, -0.2) is 50.9 Å². The van der Waals surface area contributed by atoms with Crippen LogP contribution in [0.15, 0.2) is 41.5 Å². The van der Waals surface area contributed by atoms with Gasteiger partial charge >= 0.3 is 0 Å². The Balaban J connectivity index is 0.00000385. The number of aryl methyl sites for hydroxylation is 1. The average Bonchev–Trinajstić information content (AvgIpc) is 3.35. The maximum absolute atomic E-state index is 6.00. The molecule has 0 radical (unpaired) electrons. The third kappa shape index (κ3) is 9.00. The minimum Gasteiger partial charge on any atom is -0.493 e. The number of nitrogens with zero attached hydrogens (tertiary/aromatic N) is 3. The van der Waals surface area contributed by atoms with E-state index in [4.69, 9.17) is 14.5 Å². The summed E-state index contributed by atoms with van der Waals surface area (Å²) in [5, 5.41) is 6.75. The summed E-state index contributed by atoms with van der Waals surface area (Å²) in [5.74, 6) is 2.76. The fraction of sp³-hybridized carbons (Fsp3) is 0.520. The Morgan fingerprint density at radius 3 is 2.64 bits per heavy atom. The second kappa shape index (κ2) is 15.0. The van der Waals surface area contributed by atoms with Gasteiger partial charge in [0.1, 0.15) is 11.6 Å². The molecule has 0 atom stereocenters. The van der Waals surface area contributed by atoms with Gasteiger partial charge in [-0.25, -0.2) is 9.98 Å². The number of guanidine groups is 1. The first kappa shape index (κ1) is 27.2. The maximum atomic E-state index is 6.00. The van der Waals surface area contributed by atoms with Crippen molar-refractivity contribution >= 4 is 35.8 Å². The average molecular weight is 568 g/mol. The lowest BCUT2D eigenvalue weighted by atomic mass is 10.1. The van der Waals surface area contributed by atoms with Crippen molar-refractivity contribution in [3.05, 3.63) is 53.2 Å². The second-order valence-corrected chi connectivity index (χ2v) is 8.07. The number of hydrogen-bond acceptors (Lipinski definition) is 5. The number of anilines is 1. The molecule has 2 heterocycles. The quantitative estimate of drug-likeness (QED) is 0.183. The molecule has 0 amide bonds. The number of pyridine rings is 1. The Kier molecular flexibility index (Phi) is 12.3. The summed E-state index contributed by atoms with van der Waals surface area (Å²) >= 11 is 0. The van der Waals surface area contributed by atoms with Crippen LogP contribution in [0.4, 0.5) is 5.82 Å². The van der Waals surface area contributed by atoms with Crippen molar-refractivity contribution in [2.45, 2.75) is 46.2 Å². The molecule has 1 fully saturated rings. The van der Waals surface area contributed by atoms with Crippen molar-refractivity contribution in [2.24, 2.45) is 4.99 Å². The molecule has 1 saturated heterocycles. The normalized spacial score (nSPS) is 13.5. The van der Waals surface area contributed by atoms with Crippen molar-refractivity contribution < 1.29 is 9.47 Å². The molecule has 1 aromatic heterocycles. The highest BCUT2D eigenvalue weighted by Crippen LogP contribution is 2.21. The number of hydrogen-bond donors (Lipinski definition) is 2. The van der Waals surface area contributed by atoms with Gasteiger partial charge in [0.15, 0.2) is 5.96 Å². The number of ether oxygens (including phenoxy) is 2. The third-order valence-corrected chi connectivity index (χ3v) is 5.42. The summed E-state index contributed by atoms with van der Waals surface area (Å²) in [7, 11) is 1.71. The van der Waals surface area contributed by atoms with Crippen LogP contribution in [-0.2, 0) is 17.8 Å². The molecule has 2 aromatic rings. The van der Waals surface area contributed by atoms with Crippen LogP contribution < -0.4 is 20.3 Å². The Hall–Kier alpha value is -2.07. The fourth-order valence-corrected chi connectivity index (χ4v) is 3.66. The first-order chi connectivity index (χ1) is 15.7. The first-order valence-electron chi connectivity index (χ1n) is 11.6. The van der Waals surface area contributed by atoms with E-state index in [2.05, 4.69) is 64.7 Å². The van der Waals surface area contributed by atoms with E-state index in [9.17, 15) is 0 Å². The number of benzene rings is 1. The van der Waals surface area contributed by atoms with E-state index in [1.54, 1.807) is 7.11 Å². The standard InChI is InChI=1S/C25H37N5O2.HI/c1-4-26-25(28-18-21-9-11-24(27-17-21)30-12-5-6-13-30)29-19-22-10-8-20(2)16-23(22)32-15-7-14-31-3;/h8-11,16-17H,4-7,12-15,18-19H2,1-3H3,(H2,26,28,29);1H. The molecule has 182 valence electrons. The lowest BCUT2D eigenvalue weighted by molar-refractivity contribution is 0.171. The van der Waals surface area contributed by atoms with Gasteiger partial charge in [-0.2, -0.15) is 0 Å². The summed E-state index contributed by atoms with van der Waals surface area (Å²) in [6.45, 7) is 9.71. The van der Waals surface area contributed by atoms with Crippen LogP contribution in [0.25, 0.3) is 0 Å². The van der Waals surface area contributed by atoms with Crippen LogP contribution in [0.5, 0.6) is 5.75 Å². The molecule has 7 nitrogen and oxygen atoms in total. The topological polar surface area (TPSA) is 71.0 Å². The zero-order chi connectivity index (χ0) is 22.6. The summed E-state index contributed by atoms with van der Waals surface area (Å²) < 4.78 is 11.1. The van der Waals surface area contributed by atoms with Gasteiger partial charge in [0, 0.05) is 58.1 Å². The van der Waals surface area contributed by atoms with Gasteiger partial charge < -0.3 is 25.0 Å². The predicted molar refractivity (Wildman–Crippen MR) is 146 cm³/mol. The predicted octanol–water partition coefficient (Wildman–Crippen LogP) is 4.28. The third-order valence-electron chi connectivity index (χ3n) is 5.42. The van der Waals surface area contributed by atoms with E-state index in [0.717, 1.165) is 54.7 Å². The number of rotatable bonds is 11. The molecular formula is C25H38IN5O2. The van der Waals surface area contributed by atoms with E-state index >= 15 is 0 Å². The summed E-state index contributed by atoms with van der Waals surface area (Å²) in [4.78, 5) is 11.7. The van der Waals surface area contributed by atoms with Crippen LogP contribution >= 0.6 is 24.0 Å². The monoisotopic (exact) mass is 567 g/mol. The molecule has 0 saturated carbocycles. The minimum atomic E-state index is 0. The van der Waals surface area contributed by atoms with Crippen LogP contribution in [0.2, 0.25) is 0 Å². The van der Waals surface area contributed by atoms with E-state index in [-0.39, 0.29) is 24.0 Å². The number of nitrogens with one attached hydrogen (secondary N) is 2. The van der Waals surface area contributed by atoms with Crippen molar-refractivity contribution in [3.63, 3.8) is 0 Å². The van der Waals surface area contributed by atoms with Gasteiger partial charge in [-0.15, -0.1) is 24.0 Å². The van der Waals surface area contributed by atoms with Crippen LogP contribution in [0, 0.1) is 6.92 Å². The zero-order valence-corrected chi connectivity index (χ0v) is 22.4. The molecule has 0 unspecified atom stereocenters. The minimum absolute atomic E-state index is 0. The van der Waals surface area contributed by atoms with Gasteiger partial charge in [0.25, 0.3) is 0 Å². The van der Waals surface area contributed by atoms with E-state index in [0.29, 0.717) is 26.3 Å². The Bertz CT molecular complexity index is 854.